The van der Waals surface area contributed by atoms with Gasteiger partial charge in [0.05, 0.1) is 6.04 Å². The van der Waals surface area contributed by atoms with Crippen molar-refractivity contribution in [2.45, 2.75) is 50.6 Å². The Kier molecular flexibility index (Phi) is 4.18. The zero-order valence-corrected chi connectivity index (χ0v) is 9.74. The Morgan fingerprint density at radius 3 is 2.75 bits per heavy atom. The fraction of sp³-hybridized carbons (Fsp3) is 0.917. The van der Waals surface area contributed by atoms with Gasteiger partial charge in [-0.2, -0.15) is 0 Å². The molecular weight excluding hydrogens is 204 g/mol. The Morgan fingerprint density at radius 2 is 2.06 bits per heavy atom. The number of carbonyl (C=O) groups is 1. The van der Waals surface area contributed by atoms with Gasteiger partial charge in [0.15, 0.2) is 0 Å². The molecule has 92 valence electrons. The van der Waals surface area contributed by atoms with E-state index in [4.69, 9.17) is 0 Å². The van der Waals surface area contributed by atoms with Crippen LogP contribution in [0.3, 0.4) is 0 Å². The number of amides is 1. The van der Waals surface area contributed by atoms with Gasteiger partial charge in [-0.15, -0.1) is 0 Å². The predicted molar refractivity (Wildman–Crippen MR) is 62.0 cm³/mol. The maximum Gasteiger partial charge on any atom is 0.237 e. The van der Waals surface area contributed by atoms with Gasteiger partial charge in [-0.1, -0.05) is 12.8 Å². The van der Waals surface area contributed by atoms with E-state index in [9.17, 15) is 9.90 Å². The summed E-state index contributed by atoms with van der Waals surface area (Å²) in [5.41, 5.74) is 0. The molecule has 3 N–H and O–H groups in total. The summed E-state index contributed by atoms with van der Waals surface area (Å²) in [6, 6.07) is 0.190. The minimum atomic E-state index is 0.00118. The topological polar surface area (TPSA) is 61.4 Å². The van der Waals surface area contributed by atoms with E-state index in [0.717, 1.165) is 32.2 Å². The van der Waals surface area contributed by atoms with E-state index < -0.39 is 0 Å². The van der Waals surface area contributed by atoms with E-state index in [-0.39, 0.29) is 30.5 Å². The van der Waals surface area contributed by atoms with Crippen molar-refractivity contribution < 1.29 is 9.90 Å². The summed E-state index contributed by atoms with van der Waals surface area (Å²) < 4.78 is 0. The second-order valence-corrected chi connectivity index (χ2v) is 4.99. The molecule has 1 aliphatic carbocycles. The van der Waals surface area contributed by atoms with Crippen LogP contribution < -0.4 is 10.6 Å². The van der Waals surface area contributed by atoms with Crippen LogP contribution in [0.25, 0.3) is 0 Å². The van der Waals surface area contributed by atoms with E-state index in [0.29, 0.717) is 0 Å². The number of nitrogens with one attached hydrogen (secondary N) is 2. The van der Waals surface area contributed by atoms with Crippen LogP contribution in [0.4, 0.5) is 0 Å². The third-order valence-electron chi connectivity index (χ3n) is 3.85. The molecule has 2 rings (SSSR count). The van der Waals surface area contributed by atoms with Crippen molar-refractivity contribution in [3.8, 4) is 0 Å². The minimum absolute atomic E-state index is 0.00118. The highest BCUT2D eigenvalue weighted by molar-refractivity contribution is 5.82. The van der Waals surface area contributed by atoms with Crippen LogP contribution in [-0.4, -0.2) is 36.2 Å². The molecule has 1 amide bonds. The molecule has 2 fully saturated rings. The Balaban J connectivity index is 1.84. The van der Waals surface area contributed by atoms with Gasteiger partial charge in [0.1, 0.15) is 0 Å². The lowest BCUT2D eigenvalue weighted by molar-refractivity contribution is -0.124. The average molecular weight is 226 g/mol. The number of aliphatic hydroxyl groups is 1. The maximum atomic E-state index is 11.9. The van der Waals surface area contributed by atoms with Crippen LogP contribution >= 0.6 is 0 Å². The van der Waals surface area contributed by atoms with E-state index >= 15 is 0 Å². The Morgan fingerprint density at radius 1 is 1.25 bits per heavy atom. The number of hydrogen-bond donors (Lipinski definition) is 3. The molecule has 3 atom stereocenters. The number of rotatable bonds is 3. The van der Waals surface area contributed by atoms with Gasteiger partial charge in [-0.05, 0) is 32.2 Å². The fourth-order valence-electron chi connectivity index (χ4n) is 2.81. The van der Waals surface area contributed by atoms with Gasteiger partial charge in [-0.3, -0.25) is 4.79 Å². The molecule has 0 aromatic heterocycles. The SMILES string of the molecule is O=C(NC1CCCCC1CO)C1CCCN1. The van der Waals surface area contributed by atoms with Gasteiger partial charge in [0.25, 0.3) is 0 Å². The van der Waals surface area contributed by atoms with E-state index in [1.54, 1.807) is 0 Å². The molecule has 1 aliphatic heterocycles. The molecule has 2 aliphatic rings. The molecular formula is C12H22N2O2. The van der Waals surface area contributed by atoms with Crippen molar-refractivity contribution in [1.82, 2.24) is 10.6 Å². The molecule has 0 aromatic carbocycles. The van der Waals surface area contributed by atoms with Crippen LogP contribution in [0.5, 0.6) is 0 Å². The Hall–Kier alpha value is -0.610. The van der Waals surface area contributed by atoms with Gasteiger partial charge < -0.3 is 15.7 Å². The predicted octanol–water partition coefficient (Wildman–Crippen LogP) is 0.406. The van der Waals surface area contributed by atoms with Crippen molar-refractivity contribution in [3.63, 3.8) is 0 Å². The first-order valence-corrected chi connectivity index (χ1v) is 6.46. The highest BCUT2D eigenvalue weighted by atomic mass is 16.3. The normalized spacial score (nSPS) is 34.9. The number of carbonyl (C=O) groups excluding carboxylic acids is 1. The molecule has 0 spiro atoms. The smallest absolute Gasteiger partial charge is 0.237 e. The molecule has 1 saturated carbocycles. The second kappa shape index (κ2) is 5.64. The standard InChI is InChI=1S/C12H22N2O2/c15-8-9-4-1-2-5-10(9)14-12(16)11-6-3-7-13-11/h9-11,13,15H,1-8H2,(H,14,16). The lowest BCUT2D eigenvalue weighted by Gasteiger charge is -2.31. The van der Waals surface area contributed by atoms with Crippen LogP contribution in [0.15, 0.2) is 0 Å². The van der Waals surface area contributed by atoms with Crippen LogP contribution in [0.2, 0.25) is 0 Å². The molecule has 1 saturated heterocycles. The van der Waals surface area contributed by atoms with Gasteiger partial charge in [-0.25, -0.2) is 0 Å². The van der Waals surface area contributed by atoms with Crippen LogP contribution in [-0.2, 0) is 4.79 Å². The molecule has 3 unspecified atom stereocenters. The van der Waals surface area contributed by atoms with Crippen LogP contribution in [0, 0.1) is 5.92 Å². The largest absolute Gasteiger partial charge is 0.396 e. The minimum Gasteiger partial charge on any atom is -0.396 e. The second-order valence-electron chi connectivity index (χ2n) is 4.99. The first kappa shape index (κ1) is 11.9. The van der Waals surface area contributed by atoms with E-state index in [2.05, 4.69) is 10.6 Å². The fourth-order valence-corrected chi connectivity index (χ4v) is 2.81. The highest BCUT2D eigenvalue weighted by Crippen LogP contribution is 2.24. The summed E-state index contributed by atoms with van der Waals surface area (Å²) in [7, 11) is 0. The first-order valence-electron chi connectivity index (χ1n) is 6.46. The summed E-state index contributed by atoms with van der Waals surface area (Å²) in [5.74, 6) is 0.391. The molecule has 0 aromatic rings. The Bertz CT molecular complexity index is 239. The van der Waals surface area contributed by atoms with Gasteiger partial charge in [0, 0.05) is 18.6 Å². The van der Waals surface area contributed by atoms with Crippen molar-refractivity contribution >= 4 is 5.91 Å². The molecule has 0 radical (unpaired) electrons. The number of aliphatic hydroxyl groups excluding tert-OH is 1. The highest BCUT2D eigenvalue weighted by Gasteiger charge is 2.29. The Labute approximate surface area is 96.8 Å². The van der Waals surface area contributed by atoms with Crippen molar-refractivity contribution in [1.29, 1.82) is 0 Å². The quantitative estimate of drug-likeness (QED) is 0.653. The van der Waals surface area contributed by atoms with Crippen molar-refractivity contribution in [2.75, 3.05) is 13.2 Å². The summed E-state index contributed by atoms with van der Waals surface area (Å²) in [6.45, 7) is 1.15. The number of hydrogen-bond acceptors (Lipinski definition) is 3. The lowest BCUT2D eigenvalue weighted by Crippen LogP contribution is -2.49. The van der Waals surface area contributed by atoms with Crippen molar-refractivity contribution in [2.24, 2.45) is 5.92 Å². The van der Waals surface area contributed by atoms with Crippen LogP contribution in [0.1, 0.15) is 38.5 Å². The lowest BCUT2D eigenvalue weighted by atomic mass is 9.85. The third kappa shape index (κ3) is 2.74. The van der Waals surface area contributed by atoms with Gasteiger partial charge in [0.2, 0.25) is 5.91 Å². The van der Waals surface area contributed by atoms with Crippen molar-refractivity contribution in [3.05, 3.63) is 0 Å². The first-order chi connectivity index (χ1) is 7.81. The van der Waals surface area contributed by atoms with E-state index in [1.165, 1.54) is 12.8 Å². The summed E-state index contributed by atoms with van der Waals surface area (Å²) >= 11 is 0. The summed E-state index contributed by atoms with van der Waals surface area (Å²) in [6.07, 6.45) is 6.44. The maximum absolute atomic E-state index is 11.9. The molecule has 4 heteroatoms. The molecule has 1 heterocycles. The molecule has 4 nitrogen and oxygen atoms in total. The van der Waals surface area contributed by atoms with Gasteiger partial charge >= 0.3 is 0 Å². The third-order valence-corrected chi connectivity index (χ3v) is 3.85. The average Bonchev–Trinajstić information content (AvgIpc) is 2.83. The zero-order valence-electron chi connectivity index (χ0n) is 9.74. The van der Waals surface area contributed by atoms with E-state index in [1.807, 2.05) is 0 Å². The monoisotopic (exact) mass is 226 g/mol. The summed E-state index contributed by atoms with van der Waals surface area (Å²) in [4.78, 5) is 11.9. The summed E-state index contributed by atoms with van der Waals surface area (Å²) in [5, 5.41) is 15.6. The zero-order chi connectivity index (χ0) is 11.4. The molecule has 16 heavy (non-hydrogen) atoms. The molecule has 0 bridgehead atoms.